The van der Waals surface area contributed by atoms with Crippen molar-refractivity contribution >= 4 is 15.7 Å². The predicted molar refractivity (Wildman–Crippen MR) is 58.9 cm³/mol. The van der Waals surface area contributed by atoms with Gasteiger partial charge in [-0.3, -0.25) is 0 Å². The highest BCUT2D eigenvalue weighted by atomic mass is 14.1. The van der Waals surface area contributed by atoms with E-state index in [0.29, 0.717) is 0 Å². The van der Waals surface area contributed by atoms with E-state index in [-0.39, 0.29) is 0 Å². The van der Waals surface area contributed by atoms with Gasteiger partial charge in [-0.1, -0.05) is 57.6 Å². The monoisotopic (exact) mass is 152 g/mol. The van der Waals surface area contributed by atoms with Gasteiger partial charge in [0.1, 0.15) is 15.7 Å². The molecule has 0 rings (SSSR count). The van der Waals surface area contributed by atoms with Crippen molar-refractivity contribution in [2.75, 3.05) is 0 Å². The average molecular weight is 152 g/mol. The van der Waals surface area contributed by atoms with Gasteiger partial charge in [0.2, 0.25) is 0 Å². The highest BCUT2D eigenvalue weighted by Gasteiger charge is 2.13. The first kappa shape index (κ1) is 11.1. The summed E-state index contributed by atoms with van der Waals surface area (Å²) in [6.07, 6.45) is 1.38. The maximum atomic E-state index is 2.36. The Kier molecular flexibility index (Phi) is 4.96. The van der Waals surface area contributed by atoms with E-state index < -0.39 is 0 Å². The van der Waals surface area contributed by atoms with Crippen LogP contribution in [0, 0.1) is 11.8 Å². The van der Waals surface area contributed by atoms with Crippen molar-refractivity contribution in [3.05, 3.63) is 0 Å². The smallest absolute Gasteiger partial charge is 0.0679 e. The van der Waals surface area contributed by atoms with Crippen molar-refractivity contribution in [1.82, 2.24) is 0 Å². The summed E-state index contributed by atoms with van der Waals surface area (Å²) in [6, 6.07) is 0. The van der Waals surface area contributed by atoms with Gasteiger partial charge in [0.15, 0.2) is 0 Å². The molecule has 0 amide bonds. The Morgan fingerprint density at radius 3 is 1.27 bits per heavy atom. The molecule has 2 unspecified atom stereocenters. The third-order valence-corrected chi connectivity index (χ3v) is 3.02. The van der Waals surface area contributed by atoms with E-state index in [4.69, 9.17) is 0 Å². The fourth-order valence-electron chi connectivity index (χ4n) is 1.13. The third-order valence-electron chi connectivity index (χ3n) is 3.02. The minimum absolute atomic E-state index is 0.844. The van der Waals surface area contributed by atoms with Gasteiger partial charge in [-0.15, -0.1) is 0 Å². The van der Waals surface area contributed by atoms with Crippen LogP contribution in [0.25, 0.3) is 0 Å². The fourth-order valence-corrected chi connectivity index (χ4v) is 1.13. The van der Waals surface area contributed by atoms with Crippen LogP contribution < -0.4 is 0 Å². The minimum atomic E-state index is 0.844. The quantitative estimate of drug-likeness (QED) is 0.535. The standard InChI is InChI=1S/C9H22B2/c1-6(2)8(10)5-9(11)7(3)4/h6-9H,5,10-11H2,1-4H3. The second-order valence-corrected chi connectivity index (χ2v) is 4.68. The van der Waals surface area contributed by atoms with Gasteiger partial charge in [-0.2, -0.15) is 0 Å². The Bertz CT molecular complexity index is 87.7. The number of hydrogen-bond acceptors (Lipinski definition) is 0. The first-order valence-corrected chi connectivity index (χ1v) is 4.95. The zero-order valence-electron chi connectivity index (χ0n) is 9.02. The lowest BCUT2D eigenvalue weighted by Crippen LogP contribution is -2.09. The van der Waals surface area contributed by atoms with Crippen LogP contribution in [0.15, 0.2) is 0 Å². The Morgan fingerprint density at radius 2 is 1.09 bits per heavy atom. The first-order chi connectivity index (χ1) is 4.95. The third kappa shape index (κ3) is 4.55. The largest absolute Gasteiger partial charge is 0.105 e. The van der Waals surface area contributed by atoms with E-state index in [1.165, 1.54) is 6.42 Å². The zero-order valence-corrected chi connectivity index (χ0v) is 9.02. The van der Waals surface area contributed by atoms with Gasteiger partial charge in [-0.05, 0) is 0 Å². The average Bonchev–Trinajstić information content (AvgIpc) is 1.87. The van der Waals surface area contributed by atoms with E-state index in [1.54, 1.807) is 0 Å². The number of hydrogen-bond donors (Lipinski definition) is 0. The van der Waals surface area contributed by atoms with E-state index >= 15 is 0 Å². The Morgan fingerprint density at radius 1 is 0.818 bits per heavy atom. The van der Waals surface area contributed by atoms with Crippen LogP contribution in [0.4, 0.5) is 0 Å². The Labute approximate surface area is 74.0 Å². The molecule has 0 N–H and O–H groups in total. The molecule has 2 heteroatoms. The molecule has 0 nitrogen and oxygen atoms in total. The van der Waals surface area contributed by atoms with Crippen LogP contribution in [0.2, 0.25) is 11.6 Å². The van der Waals surface area contributed by atoms with E-state index in [1.807, 2.05) is 0 Å². The molecule has 0 radical (unpaired) electrons. The lowest BCUT2D eigenvalue weighted by molar-refractivity contribution is 0.480. The summed E-state index contributed by atoms with van der Waals surface area (Å²) in [5, 5.41) is 0. The van der Waals surface area contributed by atoms with E-state index in [9.17, 15) is 0 Å². The molecule has 0 heterocycles. The lowest BCUT2D eigenvalue weighted by atomic mass is 9.65. The second-order valence-electron chi connectivity index (χ2n) is 4.68. The fraction of sp³-hybridized carbons (Fsp3) is 1.00. The van der Waals surface area contributed by atoms with E-state index in [2.05, 4.69) is 43.4 Å². The molecular formula is C9H22B2. The van der Waals surface area contributed by atoms with Crippen molar-refractivity contribution in [3.8, 4) is 0 Å². The minimum Gasteiger partial charge on any atom is -0.0679 e. The maximum Gasteiger partial charge on any atom is 0.105 e. The van der Waals surface area contributed by atoms with Crippen LogP contribution in [-0.2, 0) is 0 Å². The summed E-state index contributed by atoms with van der Waals surface area (Å²) in [7, 11) is 4.73. The topological polar surface area (TPSA) is 0 Å². The molecule has 0 aromatic carbocycles. The summed E-state index contributed by atoms with van der Waals surface area (Å²) in [5.41, 5.74) is 0. The molecule has 0 spiro atoms. The molecular weight excluding hydrogens is 130 g/mol. The molecule has 0 aliphatic rings. The number of rotatable bonds is 4. The lowest BCUT2D eigenvalue weighted by Gasteiger charge is -2.22. The predicted octanol–water partition coefficient (Wildman–Crippen LogP) is 1.53. The Hall–Kier alpha value is 0.130. The van der Waals surface area contributed by atoms with Gasteiger partial charge < -0.3 is 0 Å². The molecule has 11 heavy (non-hydrogen) atoms. The van der Waals surface area contributed by atoms with Gasteiger partial charge in [0, 0.05) is 0 Å². The summed E-state index contributed by atoms with van der Waals surface area (Å²) in [5.74, 6) is 3.45. The van der Waals surface area contributed by atoms with Gasteiger partial charge >= 0.3 is 0 Å². The van der Waals surface area contributed by atoms with Crippen molar-refractivity contribution in [2.24, 2.45) is 11.8 Å². The van der Waals surface area contributed by atoms with Crippen LogP contribution in [0.3, 0.4) is 0 Å². The molecule has 0 saturated heterocycles. The second kappa shape index (κ2) is 4.90. The van der Waals surface area contributed by atoms with Gasteiger partial charge in [0.05, 0.1) is 0 Å². The first-order valence-electron chi connectivity index (χ1n) is 4.95. The molecule has 0 aromatic rings. The summed E-state index contributed by atoms with van der Waals surface area (Å²) >= 11 is 0. The van der Waals surface area contributed by atoms with Crippen molar-refractivity contribution < 1.29 is 0 Å². The van der Waals surface area contributed by atoms with Gasteiger partial charge in [0.25, 0.3) is 0 Å². The van der Waals surface area contributed by atoms with Crippen molar-refractivity contribution in [2.45, 2.75) is 45.8 Å². The molecule has 0 aliphatic carbocycles. The van der Waals surface area contributed by atoms with Gasteiger partial charge in [-0.25, -0.2) is 0 Å². The molecule has 0 fully saturated rings. The molecule has 2 atom stereocenters. The summed E-state index contributed by atoms with van der Waals surface area (Å²) < 4.78 is 0. The van der Waals surface area contributed by atoms with Crippen LogP contribution >= 0.6 is 0 Å². The Balaban J connectivity index is 3.66. The summed E-state index contributed by atoms with van der Waals surface area (Å²) in [6.45, 7) is 9.27. The molecule has 0 aromatic heterocycles. The summed E-state index contributed by atoms with van der Waals surface area (Å²) in [4.78, 5) is 0. The van der Waals surface area contributed by atoms with Crippen LogP contribution in [0.1, 0.15) is 34.1 Å². The highest BCUT2D eigenvalue weighted by molar-refractivity contribution is 6.14. The molecule has 0 bridgehead atoms. The molecule has 64 valence electrons. The van der Waals surface area contributed by atoms with E-state index in [0.717, 1.165) is 23.5 Å². The molecule has 0 saturated carbocycles. The van der Waals surface area contributed by atoms with Crippen molar-refractivity contribution in [1.29, 1.82) is 0 Å². The van der Waals surface area contributed by atoms with Crippen molar-refractivity contribution in [3.63, 3.8) is 0 Å². The normalized spacial score (nSPS) is 17.3. The van der Waals surface area contributed by atoms with Crippen LogP contribution in [-0.4, -0.2) is 15.7 Å². The maximum absolute atomic E-state index is 2.36. The molecule has 0 aliphatic heterocycles. The SMILES string of the molecule is BC(CC(B)C(C)C)C(C)C. The van der Waals surface area contributed by atoms with Crippen LogP contribution in [0.5, 0.6) is 0 Å². The highest BCUT2D eigenvalue weighted by Crippen LogP contribution is 2.28. The zero-order chi connectivity index (χ0) is 9.02.